The molecule has 7 nitrogen and oxygen atoms in total. The number of hydrogen-bond acceptors (Lipinski definition) is 11. The molecule has 0 radical (unpaired) electrons. The Balaban J connectivity index is 0.000000126. The second-order valence-corrected chi connectivity index (χ2v) is 27.5. The molecule has 4 aliphatic heterocycles. The van der Waals surface area contributed by atoms with E-state index >= 15 is 0 Å². The second kappa shape index (κ2) is 15.8. The van der Waals surface area contributed by atoms with E-state index in [0.717, 1.165) is 62.1 Å². The predicted octanol–water partition coefficient (Wildman–Crippen LogP) is 16.9. The summed E-state index contributed by atoms with van der Waals surface area (Å²) in [6.45, 7) is 0. The molecule has 0 saturated carbocycles. The molecule has 12 aromatic rings. The van der Waals surface area contributed by atoms with Crippen molar-refractivity contribution in [3.05, 3.63) is 266 Å². The summed E-state index contributed by atoms with van der Waals surface area (Å²) in [6, 6.07) is 65.3. The van der Waals surface area contributed by atoms with Gasteiger partial charge in [-0.1, -0.05) is 97.1 Å². The van der Waals surface area contributed by atoms with Crippen LogP contribution in [-0.4, -0.2) is 21.8 Å². The highest BCUT2D eigenvalue weighted by Gasteiger charge is 2.55. The van der Waals surface area contributed by atoms with Crippen molar-refractivity contribution in [1.29, 1.82) is 0 Å². The van der Waals surface area contributed by atoms with Crippen molar-refractivity contribution in [2.45, 2.75) is 30.4 Å². The number of benzene rings is 7. The van der Waals surface area contributed by atoms with Gasteiger partial charge in [-0.2, -0.15) is 0 Å². The van der Waals surface area contributed by atoms with Crippen molar-refractivity contribution < 1.29 is 16.8 Å². The number of sulfone groups is 2. The molecule has 0 saturated heterocycles. The molecule has 18 rings (SSSR count). The molecule has 372 valence electrons. The summed E-state index contributed by atoms with van der Waals surface area (Å²) in [5.74, 6) is 0.862. The molecule has 6 aliphatic rings. The maximum atomic E-state index is 13.3. The van der Waals surface area contributed by atoms with Gasteiger partial charge < -0.3 is 4.90 Å². The van der Waals surface area contributed by atoms with Gasteiger partial charge in [0.1, 0.15) is 5.82 Å². The molecule has 0 N–H and O–H groups in total. The van der Waals surface area contributed by atoms with E-state index in [-0.39, 0.29) is 5.41 Å². The third kappa shape index (κ3) is 5.48. The molecule has 0 unspecified atom stereocenters. The molecule has 0 bridgehead atoms. The molecule has 0 fully saturated rings. The first-order valence-electron chi connectivity index (χ1n) is 25.4. The SMILES string of the molecule is O=S1(=O)c2ccccc2-c2cc(N3c4ccccc4C4(c5ccccc53)c3ccsc3-c3sccc34)ccc21.O=S1(=O)c2ccccc2-c2cc(N3c4ccccc4C4(c5cccnc53)c3ccsc3-c3sccc34)ccc21. The molecular formula is C65H37N3O4S6. The summed E-state index contributed by atoms with van der Waals surface area (Å²) in [5.41, 5.74) is 17.4. The van der Waals surface area contributed by atoms with Crippen LogP contribution in [0.2, 0.25) is 0 Å². The second-order valence-electron chi connectivity index (χ2n) is 20.1. The van der Waals surface area contributed by atoms with Crippen LogP contribution in [0.15, 0.2) is 241 Å². The summed E-state index contributed by atoms with van der Waals surface area (Å²) in [5, 5.41) is 8.81. The molecule has 7 aromatic carbocycles. The van der Waals surface area contributed by atoms with Gasteiger partial charge in [0.15, 0.2) is 0 Å². The first kappa shape index (κ1) is 45.1. The summed E-state index contributed by atoms with van der Waals surface area (Å²) in [4.78, 5) is 16.4. The predicted molar refractivity (Wildman–Crippen MR) is 315 cm³/mol. The Morgan fingerprint density at radius 2 is 0.692 bits per heavy atom. The number of aromatic nitrogens is 1. The molecule has 0 atom stereocenters. The number of hydrogen-bond donors (Lipinski definition) is 0. The lowest BCUT2D eigenvalue weighted by atomic mass is 9.65. The minimum Gasteiger partial charge on any atom is -0.310 e. The first-order valence-corrected chi connectivity index (χ1v) is 31.9. The minimum absolute atomic E-state index is 0.358. The fraction of sp³-hybridized carbons (Fsp3) is 0.0308. The Hall–Kier alpha value is -8.01. The van der Waals surface area contributed by atoms with E-state index in [1.807, 2.05) is 83.5 Å². The zero-order valence-electron chi connectivity index (χ0n) is 40.8. The summed E-state index contributed by atoms with van der Waals surface area (Å²) < 4.78 is 53.2. The maximum Gasteiger partial charge on any atom is 0.207 e. The maximum absolute atomic E-state index is 13.3. The highest BCUT2D eigenvalue weighted by Crippen LogP contribution is 2.67. The normalized spacial score (nSPS) is 16.3. The van der Waals surface area contributed by atoms with Gasteiger partial charge in [-0.25, -0.2) is 21.8 Å². The number of fused-ring (bicyclic) bond motifs is 24. The van der Waals surface area contributed by atoms with Gasteiger partial charge in [0.2, 0.25) is 19.7 Å². The van der Waals surface area contributed by atoms with Gasteiger partial charge in [-0.3, -0.25) is 4.90 Å². The lowest BCUT2D eigenvalue weighted by Gasteiger charge is -2.44. The van der Waals surface area contributed by atoms with Crippen LogP contribution < -0.4 is 9.80 Å². The van der Waals surface area contributed by atoms with Crippen molar-refractivity contribution in [3.63, 3.8) is 0 Å². The summed E-state index contributed by atoms with van der Waals surface area (Å²) >= 11 is 7.24. The van der Waals surface area contributed by atoms with Crippen LogP contribution in [0.3, 0.4) is 0 Å². The van der Waals surface area contributed by atoms with Crippen LogP contribution in [0.4, 0.5) is 34.3 Å². The summed E-state index contributed by atoms with van der Waals surface area (Å²) in [7, 11) is -7.06. The van der Waals surface area contributed by atoms with E-state index in [1.165, 1.54) is 58.5 Å². The highest BCUT2D eigenvalue weighted by atomic mass is 32.2. The van der Waals surface area contributed by atoms with Gasteiger partial charge >= 0.3 is 0 Å². The van der Waals surface area contributed by atoms with Crippen molar-refractivity contribution in [2.24, 2.45) is 0 Å². The largest absolute Gasteiger partial charge is 0.310 e. The molecule has 0 amide bonds. The molecule has 78 heavy (non-hydrogen) atoms. The Labute approximate surface area is 465 Å². The smallest absolute Gasteiger partial charge is 0.207 e. The number of thiophene rings is 4. The molecule has 5 aromatic heterocycles. The molecule has 2 spiro atoms. The van der Waals surface area contributed by atoms with Crippen molar-refractivity contribution >= 4 is 99.3 Å². The van der Waals surface area contributed by atoms with Crippen molar-refractivity contribution in [1.82, 2.24) is 4.98 Å². The Morgan fingerprint density at radius 1 is 0.333 bits per heavy atom. The van der Waals surface area contributed by atoms with E-state index in [0.29, 0.717) is 19.6 Å². The van der Waals surface area contributed by atoms with E-state index in [2.05, 4.69) is 134 Å². The number of rotatable bonds is 2. The van der Waals surface area contributed by atoms with Gasteiger partial charge in [0.25, 0.3) is 0 Å². The highest BCUT2D eigenvalue weighted by molar-refractivity contribution is 7.92. The Bertz CT molecular complexity index is 4370. The zero-order chi connectivity index (χ0) is 51.9. The number of pyridine rings is 1. The van der Waals surface area contributed by atoms with E-state index < -0.39 is 25.1 Å². The molecule has 13 heteroatoms. The lowest BCUT2D eigenvalue weighted by Crippen LogP contribution is -2.36. The topological polar surface area (TPSA) is 87.7 Å². The standard InChI is InChI=1S/C33H19NO2S3.C32H18N2O2S3/c35-39(36)29-12-6-1-7-21(29)22-19-20(13-14-30(22)39)34-27-10-4-2-8-23(27)33(24-9-3-5-11-28(24)34)25-15-17-37-31(25)32-26(33)16-18-38-32;35-39(36)27-10-4-1-6-20(27)21-18-19(11-12-28(21)39)34-26-9-3-2-7-22(26)32(25-8-5-15-33-31(25)34)23-13-16-37-29(23)30-24(32)14-17-38-30/h1-19H;1-18H. The van der Waals surface area contributed by atoms with Crippen LogP contribution in [-0.2, 0) is 30.5 Å². The van der Waals surface area contributed by atoms with Crippen LogP contribution >= 0.6 is 45.3 Å². The minimum atomic E-state index is -3.54. The Morgan fingerprint density at radius 3 is 1.15 bits per heavy atom. The number of anilines is 6. The van der Waals surface area contributed by atoms with E-state index in [4.69, 9.17) is 4.98 Å². The van der Waals surface area contributed by atoms with Crippen LogP contribution in [0.25, 0.3) is 41.8 Å². The van der Waals surface area contributed by atoms with Gasteiger partial charge in [-0.15, -0.1) is 45.3 Å². The first-order chi connectivity index (χ1) is 38.2. The average molecular weight is 1120 g/mol. The van der Waals surface area contributed by atoms with E-state index in [9.17, 15) is 16.8 Å². The number of nitrogens with zero attached hydrogens (tertiary/aromatic N) is 3. The molecule has 9 heterocycles. The summed E-state index contributed by atoms with van der Waals surface area (Å²) in [6.07, 6.45) is 1.85. The number of para-hydroxylation sites is 3. The van der Waals surface area contributed by atoms with Crippen molar-refractivity contribution in [2.75, 3.05) is 9.80 Å². The third-order valence-electron chi connectivity index (χ3n) is 16.7. The van der Waals surface area contributed by atoms with Crippen LogP contribution in [0.5, 0.6) is 0 Å². The van der Waals surface area contributed by atoms with Gasteiger partial charge in [0.05, 0.1) is 47.5 Å². The van der Waals surface area contributed by atoms with Crippen LogP contribution in [0.1, 0.15) is 44.5 Å². The lowest BCUT2D eigenvalue weighted by molar-refractivity contribution is 0.597. The molecular weight excluding hydrogens is 1080 g/mol. The Kier molecular flexibility index (Phi) is 9.14. The quantitative estimate of drug-likeness (QED) is 0.170. The fourth-order valence-electron chi connectivity index (χ4n) is 13.8. The van der Waals surface area contributed by atoms with E-state index in [1.54, 1.807) is 59.1 Å². The third-order valence-corrected chi connectivity index (χ3v) is 24.4. The van der Waals surface area contributed by atoms with Crippen LogP contribution in [0, 0.1) is 0 Å². The van der Waals surface area contributed by atoms with Crippen molar-refractivity contribution in [3.8, 4) is 41.8 Å². The average Bonchev–Trinajstić information content (AvgIpc) is 4.36. The monoisotopic (exact) mass is 1120 g/mol. The molecule has 2 aliphatic carbocycles. The fourth-order valence-corrected chi connectivity index (χ4v) is 21.3. The van der Waals surface area contributed by atoms with Gasteiger partial charge in [0, 0.05) is 64.9 Å². The zero-order valence-corrected chi connectivity index (χ0v) is 45.7. The van der Waals surface area contributed by atoms with Gasteiger partial charge in [-0.05, 0) is 158 Å².